The van der Waals surface area contributed by atoms with E-state index >= 15 is 0 Å². The second kappa shape index (κ2) is 8.37. The largest absolute Gasteiger partial charge is 0.488 e. The Labute approximate surface area is 173 Å². The quantitative estimate of drug-likeness (QED) is 0.472. The Morgan fingerprint density at radius 1 is 1.13 bits per heavy atom. The van der Waals surface area contributed by atoms with E-state index in [1.54, 1.807) is 29.1 Å². The molecule has 4 rings (SSSR count). The van der Waals surface area contributed by atoms with Gasteiger partial charge in [0, 0.05) is 30.0 Å². The number of carbonyl (C=O) groups is 1. The minimum absolute atomic E-state index is 0.0521. The highest BCUT2D eigenvalue weighted by Crippen LogP contribution is 2.34. The first-order valence-electron chi connectivity index (χ1n) is 9.64. The number of aliphatic carboxylic acids is 1. The van der Waals surface area contributed by atoms with Gasteiger partial charge in [-0.2, -0.15) is 5.10 Å². The van der Waals surface area contributed by atoms with Gasteiger partial charge >= 0.3 is 5.97 Å². The molecule has 0 atom stereocenters. The van der Waals surface area contributed by atoms with E-state index in [4.69, 9.17) is 9.84 Å². The van der Waals surface area contributed by atoms with Crippen LogP contribution in [0, 0.1) is 5.82 Å². The number of carboxylic acid groups (broad SMARTS) is 1. The molecule has 0 aliphatic rings. The molecule has 152 valence electrons. The third-order valence-corrected chi connectivity index (χ3v) is 5.07. The maximum absolute atomic E-state index is 14.0. The second-order valence-corrected chi connectivity index (χ2v) is 7.15. The van der Waals surface area contributed by atoms with Gasteiger partial charge in [-0.25, -0.2) is 4.39 Å². The number of fused-ring (bicyclic) bond motifs is 1. The van der Waals surface area contributed by atoms with Crippen LogP contribution in [0.15, 0.2) is 66.9 Å². The first-order chi connectivity index (χ1) is 14.5. The van der Waals surface area contributed by atoms with Crippen molar-refractivity contribution < 1.29 is 19.0 Å². The van der Waals surface area contributed by atoms with Crippen molar-refractivity contribution in [3.05, 3.63) is 83.8 Å². The molecule has 1 N–H and O–H groups in total. The molecule has 1 heterocycles. The first-order valence-corrected chi connectivity index (χ1v) is 9.64. The molecule has 6 heteroatoms. The zero-order valence-electron chi connectivity index (χ0n) is 16.5. The molecule has 0 fully saturated rings. The molecule has 4 aromatic rings. The number of carboxylic acids is 1. The van der Waals surface area contributed by atoms with Gasteiger partial charge in [0.15, 0.2) is 0 Å². The summed E-state index contributed by atoms with van der Waals surface area (Å²) in [5.74, 6) is -0.539. The average molecular weight is 404 g/mol. The summed E-state index contributed by atoms with van der Waals surface area (Å²) in [6, 6.07) is 18.1. The number of ether oxygens (including phenoxy) is 1. The molecule has 0 bridgehead atoms. The van der Waals surface area contributed by atoms with Crippen molar-refractivity contribution >= 4 is 16.9 Å². The van der Waals surface area contributed by atoms with Gasteiger partial charge in [-0.3, -0.25) is 9.48 Å². The average Bonchev–Trinajstić information content (AvgIpc) is 3.12. The predicted molar refractivity (Wildman–Crippen MR) is 113 cm³/mol. The Balaban J connectivity index is 1.70. The molecule has 0 spiro atoms. The maximum atomic E-state index is 14.0. The highest BCUT2D eigenvalue weighted by molar-refractivity contribution is 5.86. The van der Waals surface area contributed by atoms with Crippen LogP contribution in [0.3, 0.4) is 0 Å². The van der Waals surface area contributed by atoms with E-state index in [0.717, 1.165) is 27.6 Å². The topological polar surface area (TPSA) is 64.4 Å². The fourth-order valence-electron chi connectivity index (χ4n) is 3.44. The molecule has 3 aromatic carbocycles. The summed E-state index contributed by atoms with van der Waals surface area (Å²) in [5.41, 5.74) is 4.14. The van der Waals surface area contributed by atoms with Crippen molar-refractivity contribution in [3.63, 3.8) is 0 Å². The third kappa shape index (κ3) is 4.17. The molecule has 0 saturated heterocycles. The molecule has 0 aliphatic carbocycles. The molecule has 0 unspecified atom stereocenters. The number of aryl methyl sites for hydroxylation is 2. The van der Waals surface area contributed by atoms with Crippen LogP contribution in [0.25, 0.3) is 22.0 Å². The molecule has 0 amide bonds. The van der Waals surface area contributed by atoms with E-state index in [9.17, 15) is 9.18 Å². The van der Waals surface area contributed by atoms with Crippen LogP contribution in [0.1, 0.15) is 17.5 Å². The number of hydrogen-bond donors (Lipinski definition) is 1. The Hall–Kier alpha value is -3.67. The van der Waals surface area contributed by atoms with Crippen molar-refractivity contribution in [1.29, 1.82) is 0 Å². The molecule has 1 aromatic heterocycles. The second-order valence-electron chi connectivity index (χ2n) is 7.15. The van der Waals surface area contributed by atoms with Gasteiger partial charge in [0.1, 0.15) is 18.2 Å². The van der Waals surface area contributed by atoms with Crippen molar-refractivity contribution in [2.45, 2.75) is 19.4 Å². The Bertz CT molecular complexity index is 1220. The van der Waals surface area contributed by atoms with Gasteiger partial charge in [0.2, 0.25) is 0 Å². The van der Waals surface area contributed by atoms with Crippen molar-refractivity contribution in [2.75, 3.05) is 0 Å². The molecular weight excluding hydrogens is 383 g/mol. The van der Waals surface area contributed by atoms with Crippen LogP contribution >= 0.6 is 0 Å². The molecule has 0 saturated carbocycles. The molecule has 0 aliphatic heterocycles. The summed E-state index contributed by atoms with van der Waals surface area (Å²) >= 11 is 0. The molecule has 0 radical (unpaired) electrons. The standard InChI is InChI=1S/C24H21FN2O3/c1-27-22-9-8-17(13-19(22)14-26-27)20-12-16(7-11-24(28)29)6-10-23(20)30-15-18-4-2-3-5-21(18)25/h2-6,8-10,12-14H,7,11,15H2,1H3,(H,28,29). The Morgan fingerprint density at radius 2 is 1.97 bits per heavy atom. The summed E-state index contributed by atoms with van der Waals surface area (Å²) in [5, 5.41) is 14.3. The Kier molecular flexibility index (Phi) is 5.48. The van der Waals surface area contributed by atoms with Crippen molar-refractivity contribution in [2.24, 2.45) is 7.05 Å². The van der Waals surface area contributed by atoms with E-state index in [2.05, 4.69) is 5.10 Å². The van der Waals surface area contributed by atoms with Crippen LogP contribution in [-0.4, -0.2) is 20.9 Å². The lowest BCUT2D eigenvalue weighted by Crippen LogP contribution is -2.01. The minimum atomic E-state index is -0.840. The summed E-state index contributed by atoms with van der Waals surface area (Å²) in [7, 11) is 1.89. The smallest absolute Gasteiger partial charge is 0.303 e. The van der Waals surface area contributed by atoms with Gasteiger partial charge < -0.3 is 9.84 Å². The number of halogens is 1. The highest BCUT2D eigenvalue weighted by Gasteiger charge is 2.12. The summed E-state index contributed by atoms with van der Waals surface area (Å²) < 4.78 is 21.8. The zero-order valence-corrected chi connectivity index (χ0v) is 16.5. The highest BCUT2D eigenvalue weighted by atomic mass is 19.1. The van der Waals surface area contributed by atoms with Crippen molar-refractivity contribution in [3.8, 4) is 16.9 Å². The summed E-state index contributed by atoms with van der Waals surface area (Å²) in [6.07, 6.45) is 2.27. The molecule has 30 heavy (non-hydrogen) atoms. The van der Waals surface area contributed by atoms with E-state index in [1.807, 2.05) is 43.4 Å². The number of hydrogen-bond acceptors (Lipinski definition) is 3. The van der Waals surface area contributed by atoms with E-state index in [0.29, 0.717) is 17.7 Å². The number of benzene rings is 3. The third-order valence-electron chi connectivity index (χ3n) is 5.07. The lowest BCUT2D eigenvalue weighted by atomic mass is 9.99. The Morgan fingerprint density at radius 3 is 2.77 bits per heavy atom. The van der Waals surface area contributed by atoms with Crippen LogP contribution in [-0.2, 0) is 24.9 Å². The fourth-order valence-corrected chi connectivity index (χ4v) is 3.44. The minimum Gasteiger partial charge on any atom is -0.488 e. The summed E-state index contributed by atoms with van der Waals surface area (Å²) in [4.78, 5) is 11.0. The van der Waals surface area contributed by atoms with Gasteiger partial charge in [0.05, 0.1) is 11.7 Å². The molecule has 5 nitrogen and oxygen atoms in total. The fraction of sp³-hybridized carbons (Fsp3) is 0.167. The van der Waals surface area contributed by atoms with Crippen LogP contribution in [0.2, 0.25) is 0 Å². The van der Waals surface area contributed by atoms with Crippen LogP contribution in [0.5, 0.6) is 5.75 Å². The lowest BCUT2D eigenvalue weighted by molar-refractivity contribution is -0.136. The van der Waals surface area contributed by atoms with Crippen LogP contribution < -0.4 is 4.74 Å². The number of nitrogens with zero attached hydrogens (tertiary/aromatic N) is 2. The first kappa shape index (κ1) is 19.6. The SMILES string of the molecule is Cn1ncc2cc(-c3cc(CCC(=O)O)ccc3OCc3ccccc3F)ccc21. The van der Waals surface area contributed by atoms with Gasteiger partial charge in [-0.1, -0.05) is 30.3 Å². The van der Waals surface area contributed by atoms with Crippen LogP contribution in [0.4, 0.5) is 4.39 Å². The van der Waals surface area contributed by atoms with E-state index in [-0.39, 0.29) is 18.8 Å². The van der Waals surface area contributed by atoms with Crippen molar-refractivity contribution in [1.82, 2.24) is 9.78 Å². The number of rotatable bonds is 7. The van der Waals surface area contributed by atoms with Gasteiger partial charge in [-0.15, -0.1) is 0 Å². The normalized spacial score (nSPS) is 11.0. The monoisotopic (exact) mass is 404 g/mol. The zero-order chi connectivity index (χ0) is 21.1. The predicted octanol–water partition coefficient (Wildman–Crippen LogP) is 4.98. The number of aromatic nitrogens is 2. The van der Waals surface area contributed by atoms with E-state index < -0.39 is 5.97 Å². The van der Waals surface area contributed by atoms with E-state index in [1.165, 1.54) is 6.07 Å². The molecular formula is C24H21FN2O3. The lowest BCUT2D eigenvalue weighted by Gasteiger charge is -2.14. The van der Waals surface area contributed by atoms with Gasteiger partial charge in [0.25, 0.3) is 0 Å². The summed E-state index contributed by atoms with van der Waals surface area (Å²) in [6.45, 7) is 0.100. The van der Waals surface area contributed by atoms with Gasteiger partial charge in [-0.05, 0) is 47.9 Å². The maximum Gasteiger partial charge on any atom is 0.303 e.